The van der Waals surface area contributed by atoms with E-state index < -0.39 is 0 Å². The number of hydrogen-bond acceptors (Lipinski definition) is 6. The van der Waals surface area contributed by atoms with E-state index in [1.54, 1.807) is 51.9 Å². The largest absolute Gasteiger partial charge is 0.378 e. The van der Waals surface area contributed by atoms with E-state index >= 15 is 0 Å². The highest BCUT2D eigenvalue weighted by atomic mass is 16.5. The molecule has 44 heavy (non-hydrogen) atoms. The molecule has 1 fully saturated rings. The zero-order chi connectivity index (χ0) is 31.0. The summed E-state index contributed by atoms with van der Waals surface area (Å²) in [6.07, 6.45) is 1.80. The zero-order valence-corrected chi connectivity index (χ0v) is 25.5. The van der Waals surface area contributed by atoms with Crippen molar-refractivity contribution in [3.05, 3.63) is 101 Å². The van der Waals surface area contributed by atoms with Gasteiger partial charge in [0.15, 0.2) is 5.84 Å². The number of nitrogens with one attached hydrogen (secondary N) is 1. The molecule has 6 rings (SSSR count). The van der Waals surface area contributed by atoms with E-state index in [0.29, 0.717) is 49.7 Å². The van der Waals surface area contributed by atoms with Crippen molar-refractivity contribution >= 4 is 40.1 Å². The lowest BCUT2D eigenvalue weighted by molar-refractivity contribution is -0.123. The maximum atomic E-state index is 13.5. The first-order valence-electron chi connectivity index (χ1n) is 14.9. The summed E-state index contributed by atoms with van der Waals surface area (Å²) in [4.78, 5) is 47.7. The molecule has 1 unspecified atom stereocenters. The van der Waals surface area contributed by atoms with Gasteiger partial charge in [0.1, 0.15) is 0 Å². The summed E-state index contributed by atoms with van der Waals surface area (Å²) in [6.45, 7) is 9.09. The van der Waals surface area contributed by atoms with Crippen LogP contribution in [0.4, 0.5) is 5.69 Å². The lowest BCUT2D eigenvalue weighted by Gasteiger charge is -2.29. The van der Waals surface area contributed by atoms with Crippen molar-refractivity contribution in [2.45, 2.75) is 32.2 Å². The number of benzene rings is 3. The molecule has 0 aliphatic carbocycles. The maximum Gasteiger partial charge on any atom is 0.289 e. The van der Waals surface area contributed by atoms with Crippen LogP contribution in [0, 0.1) is 0 Å². The quantitative estimate of drug-likeness (QED) is 0.355. The number of aromatic nitrogens is 1. The molecule has 2 aliphatic heterocycles. The molecule has 2 aliphatic rings. The van der Waals surface area contributed by atoms with Gasteiger partial charge in [0.05, 0.1) is 24.8 Å². The normalized spacial score (nSPS) is 17.5. The number of amides is 2. The van der Waals surface area contributed by atoms with Crippen LogP contribution in [0.3, 0.4) is 0 Å². The van der Waals surface area contributed by atoms with Crippen molar-refractivity contribution in [2.24, 2.45) is 4.99 Å². The molecular formula is C35H37N5O4. The number of amidine groups is 1. The Bertz CT molecular complexity index is 1740. The smallest absolute Gasteiger partial charge is 0.289 e. The zero-order valence-electron chi connectivity index (χ0n) is 25.5. The van der Waals surface area contributed by atoms with Gasteiger partial charge in [-0.25, -0.2) is 0 Å². The van der Waals surface area contributed by atoms with Crippen molar-refractivity contribution in [2.75, 3.05) is 45.2 Å². The van der Waals surface area contributed by atoms with Gasteiger partial charge in [0.25, 0.3) is 17.7 Å². The van der Waals surface area contributed by atoms with Gasteiger partial charge < -0.3 is 19.9 Å². The second-order valence-electron chi connectivity index (χ2n) is 12.4. The number of ether oxygens (including phenoxy) is 1. The fraction of sp³-hybridized carbons (Fsp3) is 0.314. The van der Waals surface area contributed by atoms with E-state index in [0.717, 1.165) is 16.5 Å². The number of morpholine rings is 1. The third kappa shape index (κ3) is 5.75. The van der Waals surface area contributed by atoms with E-state index in [9.17, 15) is 14.4 Å². The minimum Gasteiger partial charge on any atom is -0.378 e. The van der Waals surface area contributed by atoms with Crippen LogP contribution in [0.5, 0.6) is 0 Å². The Morgan fingerprint density at radius 1 is 0.886 bits per heavy atom. The first-order chi connectivity index (χ1) is 21.1. The molecule has 3 heterocycles. The molecule has 0 spiro atoms. The molecule has 226 valence electrons. The average Bonchev–Trinajstić information content (AvgIpc) is 3.47. The lowest BCUT2D eigenvalue weighted by atomic mass is 9.87. The summed E-state index contributed by atoms with van der Waals surface area (Å²) in [7, 11) is 1.76. The first kappa shape index (κ1) is 29.3. The fourth-order valence-corrected chi connectivity index (χ4v) is 5.72. The van der Waals surface area contributed by atoms with Crippen molar-refractivity contribution in [1.29, 1.82) is 0 Å². The summed E-state index contributed by atoms with van der Waals surface area (Å²) >= 11 is 0. The lowest BCUT2D eigenvalue weighted by Crippen LogP contribution is -2.43. The Hall–Kier alpha value is -4.76. The minimum absolute atomic E-state index is 0.00489. The van der Waals surface area contributed by atoms with Crippen molar-refractivity contribution in [3.8, 4) is 0 Å². The van der Waals surface area contributed by atoms with E-state index in [1.807, 2.05) is 48.5 Å². The van der Waals surface area contributed by atoms with Crippen molar-refractivity contribution in [3.63, 3.8) is 0 Å². The number of fused-ring (bicyclic) bond motifs is 1. The number of nitrogens with zero attached hydrogens (tertiary/aromatic N) is 4. The van der Waals surface area contributed by atoms with Gasteiger partial charge >= 0.3 is 0 Å². The molecule has 2 amide bonds. The Kier molecular flexibility index (Phi) is 7.82. The average molecular weight is 592 g/mol. The van der Waals surface area contributed by atoms with Gasteiger partial charge in [-0.05, 0) is 65.1 Å². The predicted octanol–water partition coefficient (Wildman–Crippen LogP) is 5.12. The Morgan fingerprint density at radius 2 is 1.55 bits per heavy atom. The second kappa shape index (κ2) is 11.7. The Balaban J connectivity index is 1.24. The highest BCUT2D eigenvalue weighted by molar-refractivity contribution is 6.42. The third-order valence-corrected chi connectivity index (χ3v) is 8.32. The SMILES string of the molecule is CN1CC(c2cccc3c2ccn3C(=O)c2ccc(C(C)(C)C)cc2)N=C(Nc2ccc(C(=O)N3CCOCC3)cc2)C1=O. The molecule has 1 N–H and O–H groups in total. The van der Waals surface area contributed by atoms with Crippen LogP contribution < -0.4 is 5.32 Å². The van der Waals surface area contributed by atoms with Gasteiger partial charge in [-0.1, -0.05) is 45.0 Å². The minimum atomic E-state index is -0.330. The van der Waals surface area contributed by atoms with Crippen molar-refractivity contribution < 1.29 is 19.1 Å². The van der Waals surface area contributed by atoms with Crippen LogP contribution in [-0.4, -0.2) is 77.8 Å². The molecule has 4 aromatic rings. The standard InChI is InChI=1S/C35H37N5O4/c1-35(2,3)25-12-8-24(9-13-25)33(42)40-17-16-28-27(6-5-7-30(28)40)29-22-38(4)34(43)31(37-29)36-26-14-10-23(11-15-26)32(41)39-18-20-44-21-19-39/h5-17,29H,18-22H2,1-4H3,(H,36,37). The predicted molar refractivity (Wildman–Crippen MR) is 171 cm³/mol. The number of carbonyl (C=O) groups is 3. The van der Waals surface area contributed by atoms with Gasteiger partial charge in [-0.2, -0.15) is 0 Å². The summed E-state index contributed by atoms with van der Waals surface area (Å²) in [6, 6.07) is 22.3. The Labute approximate surface area is 257 Å². The summed E-state index contributed by atoms with van der Waals surface area (Å²) in [5, 5.41) is 4.08. The summed E-state index contributed by atoms with van der Waals surface area (Å²) in [5.41, 5.74) is 4.76. The molecule has 3 aromatic carbocycles. The van der Waals surface area contributed by atoms with Crippen LogP contribution in [0.2, 0.25) is 0 Å². The van der Waals surface area contributed by atoms with Crippen LogP contribution in [0.15, 0.2) is 84.0 Å². The third-order valence-electron chi connectivity index (χ3n) is 8.32. The maximum absolute atomic E-state index is 13.5. The number of likely N-dealkylation sites (N-methyl/N-ethyl adjacent to an activating group) is 1. The summed E-state index contributed by atoms with van der Waals surface area (Å²) < 4.78 is 7.02. The molecule has 9 heteroatoms. The van der Waals surface area contributed by atoms with Crippen molar-refractivity contribution in [1.82, 2.24) is 14.4 Å². The van der Waals surface area contributed by atoms with E-state index in [1.165, 1.54) is 5.56 Å². The molecule has 0 saturated carbocycles. The van der Waals surface area contributed by atoms with Crippen LogP contribution >= 0.6 is 0 Å². The second-order valence-corrected chi connectivity index (χ2v) is 12.4. The van der Waals surface area contributed by atoms with Gasteiger partial charge in [0.2, 0.25) is 0 Å². The highest BCUT2D eigenvalue weighted by Crippen LogP contribution is 2.31. The molecule has 0 radical (unpaired) electrons. The van der Waals surface area contributed by atoms with Gasteiger partial charge in [-0.3, -0.25) is 23.9 Å². The van der Waals surface area contributed by atoms with Gasteiger partial charge in [0, 0.05) is 55.1 Å². The van der Waals surface area contributed by atoms with Crippen LogP contribution in [0.25, 0.3) is 10.9 Å². The summed E-state index contributed by atoms with van der Waals surface area (Å²) in [5.74, 6) is -0.128. The van der Waals surface area contributed by atoms with E-state index in [2.05, 4.69) is 26.1 Å². The number of anilines is 1. The molecule has 1 atom stereocenters. The van der Waals surface area contributed by atoms with Crippen LogP contribution in [-0.2, 0) is 14.9 Å². The molecule has 1 aromatic heterocycles. The molecule has 1 saturated heterocycles. The molecular weight excluding hydrogens is 554 g/mol. The fourth-order valence-electron chi connectivity index (χ4n) is 5.72. The van der Waals surface area contributed by atoms with Gasteiger partial charge in [-0.15, -0.1) is 0 Å². The van der Waals surface area contributed by atoms with Crippen LogP contribution in [0.1, 0.15) is 58.7 Å². The number of aliphatic imine (C=N–C) groups is 1. The number of hydrogen-bond donors (Lipinski definition) is 1. The van der Waals surface area contributed by atoms with E-state index in [4.69, 9.17) is 9.73 Å². The first-order valence-corrected chi connectivity index (χ1v) is 14.9. The topological polar surface area (TPSA) is 96.2 Å². The van der Waals surface area contributed by atoms with E-state index in [-0.39, 0.29) is 35.0 Å². The number of carbonyl (C=O) groups excluding carboxylic acids is 3. The number of rotatable bonds is 4. The molecule has 9 nitrogen and oxygen atoms in total. The molecule has 0 bridgehead atoms. The Morgan fingerprint density at radius 3 is 2.23 bits per heavy atom. The highest BCUT2D eigenvalue weighted by Gasteiger charge is 2.29. The monoisotopic (exact) mass is 591 g/mol.